The number of aliphatic hydroxyl groups is 1. The summed E-state index contributed by atoms with van der Waals surface area (Å²) >= 11 is 0. The van der Waals surface area contributed by atoms with Crippen molar-refractivity contribution in [3.8, 4) is 0 Å². The second kappa shape index (κ2) is 3.86. The van der Waals surface area contributed by atoms with E-state index >= 15 is 0 Å². The molecule has 2 nitrogen and oxygen atoms in total. The molecule has 0 spiro atoms. The van der Waals surface area contributed by atoms with Gasteiger partial charge in [0.25, 0.3) is 0 Å². The zero-order chi connectivity index (χ0) is 12.8. The van der Waals surface area contributed by atoms with Crippen molar-refractivity contribution in [1.82, 2.24) is 0 Å². The van der Waals surface area contributed by atoms with Gasteiger partial charge in [0.15, 0.2) is 0 Å². The van der Waals surface area contributed by atoms with Gasteiger partial charge in [-0.3, -0.25) is 0 Å². The fourth-order valence-electron chi connectivity index (χ4n) is 2.80. The van der Waals surface area contributed by atoms with Crippen molar-refractivity contribution in [2.45, 2.75) is 45.1 Å². The Morgan fingerprint density at radius 1 is 1.06 bits per heavy atom. The molecule has 1 aliphatic rings. The van der Waals surface area contributed by atoms with Crippen LogP contribution < -0.4 is 0 Å². The number of para-hydroxylation sites is 1. The fourth-order valence-corrected chi connectivity index (χ4v) is 2.80. The van der Waals surface area contributed by atoms with E-state index in [4.69, 9.17) is 4.42 Å². The summed E-state index contributed by atoms with van der Waals surface area (Å²) in [6, 6.07) is 9.93. The summed E-state index contributed by atoms with van der Waals surface area (Å²) in [5.74, 6) is 0.735. The van der Waals surface area contributed by atoms with E-state index in [1.807, 2.05) is 30.3 Å². The third kappa shape index (κ3) is 1.95. The number of furan rings is 1. The maximum Gasteiger partial charge on any atom is 0.136 e. The van der Waals surface area contributed by atoms with Crippen molar-refractivity contribution in [3.05, 3.63) is 36.1 Å². The molecule has 96 valence electrons. The van der Waals surface area contributed by atoms with E-state index in [9.17, 15) is 5.11 Å². The molecule has 1 saturated carbocycles. The topological polar surface area (TPSA) is 33.4 Å². The molecule has 1 heterocycles. The molecule has 0 amide bonds. The van der Waals surface area contributed by atoms with Crippen molar-refractivity contribution in [2.24, 2.45) is 5.41 Å². The van der Waals surface area contributed by atoms with Crippen LogP contribution in [0.3, 0.4) is 0 Å². The number of hydrogen-bond acceptors (Lipinski definition) is 2. The Bertz CT molecular complexity index is 522. The Kier molecular flexibility index (Phi) is 2.53. The van der Waals surface area contributed by atoms with Crippen LogP contribution in [0.15, 0.2) is 34.7 Å². The highest BCUT2D eigenvalue weighted by Crippen LogP contribution is 2.46. The first-order valence-corrected chi connectivity index (χ1v) is 6.70. The molecule has 1 N–H and O–H groups in total. The molecule has 1 aliphatic carbocycles. The van der Waals surface area contributed by atoms with Gasteiger partial charge in [0.1, 0.15) is 16.9 Å². The monoisotopic (exact) mass is 244 g/mol. The van der Waals surface area contributed by atoms with Gasteiger partial charge in [0.05, 0.1) is 0 Å². The molecule has 0 aliphatic heterocycles. The lowest BCUT2D eigenvalue weighted by Gasteiger charge is -2.38. The van der Waals surface area contributed by atoms with Crippen LogP contribution in [0.5, 0.6) is 0 Å². The second-order valence-electron chi connectivity index (χ2n) is 6.34. The highest BCUT2D eigenvalue weighted by molar-refractivity contribution is 5.77. The predicted molar refractivity (Wildman–Crippen MR) is 72.4 cm³/mol. The van der Waals surface area contributed by atoms with E-state index in [0.29, 0.717) is 5.41 Å². The summed E-state index contributed by atoms with van der Waals surface area (Å²) in [5.41, 5.74) is 0.443. The van der Waals surface area contributed by atoms with Crippen molar-refractivity contribution < 1.29 is 9.52 Å². The van der Waals surface area contributed by atoms with E-state index in [2.05, 4.69) is 13.8 Å². The molecule has 0 saturated heterocycles. The zero-order valence-electron chi connectivity index (χ0n) is 11.1. The molecule has 2 aromatic rings. The van der Waals surface area contributed by atoms with Crippen molar-refractivity contribution in [1.29, 1.82) is 0 Å². The quantitative estimate of drug-likeness (QED) is 0.814. The number of fused-ring (bicyclic) bond motifs is 1. The van der Waals surface area contributed by atoms with E-state index < -0.39 is 5.60 Å². The molecular weight excluding hydrogens is 224 g/mol. The van der Waals surface area contributed by atoms with Crippen LogP contribution >= 0.6 is 0 Å². The van der Waals surface area contributed by atoms with Crippen molar-refractivity contribution in [3.63, 3.8) is 0 Å². The Morgan fingerprint density at radius 3 is 2.39 bits per heavy atom. The van der Waals surface area contributed by atoms with Gasteiger partial charge in [-0.1, -0.05) is 32.0 Å². The summed E-state index contributed by atoms with van der Waals surface area (Å²) in [4.78, 5) is 0. The molecule has 1 aromatic heterocycles. The maximum atomic E-state index is 10.8. The van der Waals surface area contributed by atoms with E-state index in [1.165, 1.54) is 0 Å². The van der Waals surface area contributed by atoms with Gasteiger partial charge in [-0.25, -0.2) is 0 Å². The van der Waals surface area contributed by atoms with Crippen LogP contribution in [-0.2, 0) is 5.60 Å². The molecule has 3 rings (SSSR count). The lowest BCUT2D eigenvalue weighted by molar-refractivity contribution is -0.0455. The molecule has 2 heteroatoms. The Hall–Kier alpha value is -1.28. The van der Waals surface area contributed by atoms with Gasteiger partial charge in [0, 0.05) is 5.39 Å². The van der Waals surface area contributed by atoms with Crippen LogP contribution in [0.1, 0.15) is 45.3 Å². The lowest BCUT2D eigenvalue weighted by Crippen LogP contribution is -2.34. The van der Waals surface area contributed by atoms with Gasteiger partial charge in [-0.2, -0.15) is 0 Å². The first kappa shape index (κ1) is 11.8. The summed E-state index contributed by atoms with van der Waals surface area (Å²) in [5, 5.41) is 11.9. The van der Waals surface area contributed by atoms with Crippen molar-refractivity contribution in [2.75, 3.05) is 0 Å². The largest absolute Gasteiger partial charge is 0.458 e. The number of hydrogen-bond donors (Lipinski definition) is 1. The predicted octanol–water partition coefficient (Wildman–Crippen LogP) is 4.22. The van der Waals surface area contributed by atoms with Crippen LogP contribution in [-0.4, -0.2) is 5.11 Å². The minimum atomic E-state index is -0.769. The summed E-state index contributed by atoms with van der Waals surface area (Å²) in [6.45, 7) is 4.54. The molecule has 1 fully saturated rings. The SMILES string of the molecule is CC1(C)CCC(O)(c2cc3ccccc3o2)CC1. The molecule has 0 atom stereocenters. The van der Waals surface area contributed by atoms with Crippen LogP contribution in [0, 0.1) is 5.41 Å². The molecule has 18 heavy (non-hydrogen) atoms. The van der Waals surface area contributed by atoms with Crippen molar-refractivity contribution >= 4 is 11.0 Å². The van der Waals surface area contributed by atoms with Crippen LogP contribution in [0.4, 0.5) is 0 Å². The van der Waals surface area contributed by atoms with Gasteiger partial charge in [-0.15, -0.1) is 0 Å². The zero-order valence-corrected chi connectivity index (χ0v) is 11.1. The summed E-state index contributed by atoms with van der Waals surface area (Å²) in [7, 11) is 0. The molecular formula is C16H20O2. The van der Waals surface area contributed by atoms with Gasteiger partial charge < -0.3 is 9.52 Å². The lowest BCUT2D eigenvalue weighted by atomic mass is 9.70. The normalized spacial score (nSPS) is 22.2. The standard InChI is InChI=1S/C16H20O2/c1-15(2)7-9-16(17,10-8-15)14-11-12-5-3-4-6-13(12)18-14/h3-6,11,17H,7-10H2,1-2H3. The molecule has 1 aromatic carbocycles. The minimum absolute atomic E-state index is 0.345. The summed E-state index contributed by atoms with van der Waals surface area (Å²) in [6.07, 6.45) is 3.67. The Balaban J connectivity index is 1.94. The van der Waals surface area contributed by atoms with E-state index in [1.54, 1.807) is 0 Å². The van der Waals surface area contributed by atoms with Gasteiger partial charge in [0.2, 0.25) is 0 Å². The smallest absolute Gasteiger partial charge is 0.136 e. The number of rotatable bonds is 1. The highest BCUT2D eigenvalue weighted by atomic mass is 16.4. The van der Waals surface area contributed by atoms with Crippen LogP contribution in [0.25, 0.3) is 11.0 Å². The molecule has 0 bridgehead atoms. The first-order chi connectivity index (χ1) is 8.49. The second-order valence-corrected chi connectivity index (χ2v) is 6.34. The molecule has 0 unspecified atom stereocenters. The average molecular weight is 244 g/mol. The fraction of sp³-hybridized carbons (Fsp3) is 0.500. The first-order valence-electron chi connectivity index (χ1n) is 6.70. The van der Waals surface area contributed by atoms with Crippen LogP contribution in [0.2, 0.25) is 0 Å². The summed E-state index contributed by atoms with van der Waals surface area (Å²) < 4.78 is 5.83. The van der Waals surface area contributed by atoms with Gasteiger partial charge >= 0.3 is 0 Å². The number of benzene rings is 1. The van der Waals surface area contributed by atoms with E-state index in [0.717, 1.165) is 42.4 Å². The highest BCUT2D eigenvalue weighted by Gasteiger charge is 2.40. The third-order valence-electron chi connectivity index (χ3n) is 4.31. The van der Waals surface area contributed by atoms with E-state index in [-0.39, 0.29) is 0 Å². The minimum Gasteiger partial charge on any atom is -0.458 e. The average Bonchev–Trinajstić information content (AvgIpc) is 2.78. The Morgan fingerprint density at radius 2 is 1.72 bits per heavy atom. The molecule has 0 radical (unpaired) electrons. The Labute approximate surface area is 108 Å². The maximum absolute atomic E-state index is 10.8. The van der Waals surface area contributed by atoms with Gasteiger partial charge in [-0.05, 0) is 43.2 Å². The third-order valence-corrected chi connectivity index (χ3v) is 4.31.